The number of pyridine rings is 2. The van der Waals surface area contributed by atoms with Crippen molar-refractivity contribution in [1.82, 2.24) is 9.97 Å². The summed E-state index contributed by atoms with van der Waals surface area (Å²) >= 11 is 0. The minimum atomic E-state index is -1.03. The molecule has 0 atom stereocenters. The number of carbonyl (C=O) groups is 2. The molecule has 0 unspecified atom stereocenters. The molecule has 0 saturated carbocycles. The molecule has 10 nitrogen and oxygen atoms in total. The number of benzene rings is 1. The molecule has 3 aromatic heterocycles. The monoisotopic (exact) mass is 448 g/mol. The molecule has 170 valence electrons. The van der Waals surface area contributed by atoms with Crippen LogP contribution in [-0.4, -0.2) is 27.0 Å². The fourth-order valence-electron chi connectivity index (χ4n) is 2.31. The fourth-order valence-corrected chi connectivity index (χ4v) is 2.31. The molecule has 4 aromatic rings. The van der Waals surface area contributed by atoms with Crippen LogP contribution in [0, 0.1) is 6.92 Å². The van der Waals surface area contributed by atoms with Crippen molar-refractivity contribution < 1.29 is 19.1 Å². The molecule has 0 aliphatic heterocycles. The van der Waals surface area contributed by atoms with Crippen molar-refractivity contribution in [1.29, 1.82) is 0 Å². The van der Waals surface area contributed by atoms with Crippen LogP contribution in [-0.2, 0) is 0 Å². The third-order valence-corrected chi connectivity index (χ3v) is 3.96. The van der Waals surface area contributed by atoms with Crippen LogP contribution in [0.15, 0.2) is 83.7 Å². The first-order chi connectivity index (χ1) is 15.8. The van der Waals surface area contributed by atoms with Gasteiger partial charge in [0.15, 0.2) is 0 Å². The summed E-state index contributed by atoms with van der Waals surface area (Å²) in [6.45, 7) is 1.89. The molecule has 0 aliphatic rings. The number of amides is 1. The Morgan fingerprint density at radius 1 is 0.879 bits per heavy atom. The number of nitrogen functional groups attached to an aromatic ring is 3. The Kier molecular flexibility index (Phi) is 8.95. The van der Waals surface area contributed by atoms with Gasteiger partial charge < -0.3 is 32.0 Å². The van der Waals surface area contributed by atoms with E-state index in [1.165, 1.54) is 30.8 Å². The van der Waals surface area contributed by atoms with Crippen LogP contribution in [0.2, 0.25) is 0 Å². The first kappa shape index (κ1) is 24.4. The van der Waals surface area contributed by atoms with Crippen molar-refractivity contribution in [2.75, 3.05) is 22.5 Å². The van der Waals surface area contributed by atoms with E-state index in [0.29, 0.717) is 28.6 Å². The summed E-state index contributed by atoms with van der Waals surface area (Å²) < 4.78 is 4.50. The number of hydrogen-bond donors (Lipinski definition) is 5. The molecule has 4 rings (SSSR count). The van der Waals surface area contributed by atoms with Gasteiger partial charge in [-0.1, -0.05) is 18.2 Å². The Morgan fingerprint density at radius 3 is 2.00 bits per heavy atom. The lowest BCUT2D eigenvalue weighted by molar-refractivity contribution is 0.0662. The fraction of sp³-hybridized carbons (Fsp3) is 0.0435. The van der Waals surface area contributed by atoms with Gasteiger partial charge in [-0.05, 0) is 55.0 Å². The number of aryl methyl sites for hydroxylation is 1. The molecule has 3 heterocycles. The van der Waals surface area contributed by atoms with Gasteiger partial charge in [0.05, 0.1) is 30.0 Å². The summed E-state index contributed by atoms with van der Waals surface area (Å²) in [6.07, 6.45) is 4.35. The second-order valence-corrected chi connectivity index (χ2v) is 6.54. The topological polar surface area (TPSA) is 183 Å². The standard InChI is InChI=1S/C13H13N3O.C5H7N3.C5H4O3/c1-9-4-2-3-5-11(9)13(17)16-12-7-6-10(14)8-15-12;6-4-1-2-5(7)8-3-4;6-5(7)4-2-1-3-8-4/h2-8H,14H2,1H3,(H,15,16,17);1-3H,6H2,(H2,7,8);1-3H,(H,6,7). The summed E-state index contributed by atoms with van der Waals surface area (Å²) in [4.78, 5) is 29.7. The third-order valence-electron chi connectivity index (χ3n) is 3.96. The van der Waals surface area contributed by atoms with Crippen LogP contribution in [0.1, 0.15) is 26.5 Å². The summed E-state index contributed by atoms with van der Waals surface area (Å²) in [5.74, 6) is -0.230. The Labute approximate surface area is 190 Å². The smallest absolute Gasteiger partial charge is 0.371 e. The number of carboxylic acids is 1. The van der Waals surface area contributed by atoms with Crippen LogP contribution >= 0.6 is 0 Å². The minimum Gasteiger partial charge on any atom is -0.475 e. The zero-order chi connectivity index (χ0) is 24.2. The van der Waals surface area contributed by atoms with E-state index in [2.05, 4.69) is 19.7 Å². The predicted octanol–water partition coefficient (Wildman–Crippen LogP) is 3.45. The van der Waals surface area contributed by atoms with Crippen molar-refractivity contribution in [2.24, 2.45) is 0 Å². The molecule has 0 saturated heterocycles. The normalized spacial score (nSPS) is 9.48. The lowest BCUT2D eigenvalue weighted by Crippen LogP contribution is -2.14. The van der Waals surface area contributed by atoms with E-state index in [1.807, 2.05) is 25.1 Å². The number of nitrogens with one attached hydrogen (secondary N) is 1. The van der Waals surface area contributed by atoms with Crippen molar-refractivity contribution in [3.63, 3.8) is 0 Å². The number of furan rings is 1. The number of nitrogens with two attached hydrogens (primary N) is 3. The summed E-state index contributed by atoms with van der Waals surface area (Å²) in [5.41, 5.74) is 18.9. The average molecular weight is 448 g/mol. The van der Waals surface area contributed by atoms with Crippen LogP contribution in [0.5, 0.6) is 0 Å². The second kappa shape index (κ2) is 12.1. The van der Waals surface area contributed by atoms with Crippen molar-refractivity contribution in [2.45, 2.75) is 6.92 Å². The van der Waals surface area contributed by atoms with E-state index in [1.54, 1.807) is 30.3 Å². The number of aromatic carboxylic acids is 1. The highest BCUT2D eigenvalue weighted by Gasteiger charge is 2.08. The van der Waals surface area contributed by atoms with Gasteiger partial charge in [-0.2, -0.15) is 0 Å². The zero-order valence-corrected chi connectivity index (χ0v) is 17.8. The minimum absolute atomic E-state index is 0.0231. The molecular formula is C23H24N6O4. The lowest BCUT2D eigenvalue weighted by Gasteiger charge is -2.06. The Bertz CT molecular complexity index is 1140. The average Bonchev–Trinajstić information content (AvgIpc) is 3.34. The van der Waals surface area contributed by atoms with Gasteiger partial charge in [0.2, 0.25) is 5.76 Å². The van der Waals surface area contributed by atoms with Crippen molar-refractivity contribution in [3.05, 3.63) is 96.2 Å². The van der Waals surface area contributed by atoms with E-state index >= 15 is 0 Å². The van der Waals surface area contributed by atoms with Gasteiger partial charge in [0, 0.05) is 5.56 Å². The van der Waals surface area contributed by atoms with Crippen LogP contribution < -0.4 is 22.5 Å². The van der Waals surface area contributed by atoms with Crippen molar-refractivity contribution >= 4 is 34.9 Å². The molecule has 0 bridgehead atoms. The Balaban J connectivity index is 0.000000200. The first-order valence-electron chi connectivity index (χ1n) is 9.58. The molecule has 8 N–H and O–H groups in total. The van der Waals surface area contributed by atoms with Crippen molar-refractivity contribution in [3.8, 4) is 0 Å². The summed E-state index contributed by atoms with van der Waals surface area (Å²) in [6, 6.07) is 17.1. The number of carbonyl (C=O) groups excluding carboxylic acids is 1. The van der Waals surface area contributed by atoms with Gasteiger partial charge >= 0.3 is 5.97 Å². The molecule has 33 heavy (non-hydrogen) atoms. The second-order valence-electron chi connectivity index (χ2n) is 6.54. The highest BCUT2D eigenvalue weighted by Crippen LogP contribution is 2.11. The SMILES string of the molecule is Cc1ccccc1C(=O)Nc1ccc(N)cn1.Nc1ccc(N)nc1.O=C(O)c1ccco1. The molecule has 0 fully saturated rings. The summed E-state index contributed by atoms with van der Waals surface area (Å²) in [7, 11) is 0. The van der Waals surface area contributed by atoms with Gasteiger partial charge in [-0.25, -0.2) is 14.8 Å². The number of aromatic nitrogens is 2. The lowest BCUT2D eigenvalue weighted by atomic mass is 10.1. The maximum Gasteiger partial charge on any atom is 0.371 e. The van der Waals surface area contributed by atoms with Gasteiger partial charge in [-0.15, -0.1) is 0 Å². The molecule has 0 aliphatic carbocycles. The highest BCUT2D eigenvalue weighted by atomic mass is 16.4. The number of nitrogens with zero attached hydrogens (tertiary/aromatic N) is 2. The van der Waals surface area contributed by atoms with Crippen LogP contribution in [0.25, 0.3) is 0 Å². The summed E-state index contributed by atoms with van der Waals surface area (Å²) in [5, 5.41) is 10.9. The molecule has 10 heteroatoms. The maximum atomic E-state index is 11.9. The maximum absolute atomic E-state index is 11.9. The van der Waals surface area contributed by atoms with E-state index in [4.69, 9.17) is 22.3 Å². The first-order valence-corrected chi connectivity index (χ1v) is 9.58. The number of rotatable bonds is 3. The Hall–Kier alpha value is -4.86. The van der Waals surface area contributed by atoms with Gasteiger partial charge in [-0.3, -0.25) is 4.79 Å². The van der Waals surface area contributed by atoms with E-state index < -0.39 is 5.97 Å². The molecule has 0 radical (unpaired) electrons. The molecular weight excluding hydrogens is 424 g/mol. The molecule has 0 spiro atoms. The third kappa shape index (κ3) is 8.42. The zero-order valence-electron chi connectivity index (χ0n) is 17.8. The number of anilines is 4. The number of hydrogen-bond acceptors (Lipinski definition) is 8. The van der Waals surface area contributed by atoms with E-state index in [9.17, 15) is 9.59 Å². The molecule has 1 aromatic carbocycles. The number of carboxylic acid groups (broad SMARTS) is 1. The predicted molar refractivity (Wildman–Crippen MR) is 127 cm³/mol. The quantitative estimate of drug-likeness (QED) is 0.313. The Morgan fingerprint density at radius 2 is 1.55 bits per heavy atom. The molecule has 1 amide bonds. The highest BCUT2D eigenvalue weighted by molar-refractivity contribution is 6.04. The van der Waals surface area contributed by atoms with Gasteiger partial charge in [0.1, 0.15) is 11.6 Å². The van der Waals surface area contributed by atoms with E-state index in [-0.39, 0.29) is 11.7 Å². The van der Waals surface area contributed by atoms with Crippen LogP contribution in [0.4, 0.5) is 23.0 Å². The van der Waals surface area contributed by atoms with Crippen LogP contribution in [0.3, 0.4) is 0 Å². The van der Waals surface area contributed by atoms with E-state index in [0.717, 1.165) is 5.56 Å². The largest absolute Gasteiger partial charge is 0.475 e. The van der Waals surface area contributed by atoms with Gasteiger partial charge in [0.25, 0.3) is 5.91 Å².